The molecule has 0 spiro atoms. The van der Waals surface area contributed by atoms with Crippen LogP contribution in [0.4, 0.5) is 0 Å². The number of benzene rings is 1. The molecule has 0 bridgehead atoms. The second-order valence-electron chi connectivity index (χ2n) is 5.21. The molecule has 0 aliphatic heterocycles. The van der Waals surface area contributed by atoms with E-state index in [0.29, 0.717) is 6.42 Å². The topological polar surface area (TPSA) is 46.2 Å². The van der Waals surface area contributed by atoms with E-state index in [-0.39, 0.29) is 6.04 Å². The Bertz CT molecular complexity index is 388. The molecular weight excluding hydrogens is 198 g/mol. The number of nitrogens with two attached hydrogens (primary N) is 1. The van der Waals surface area contributed by atoms with Gasteiger partial charge in [-0.1, -0.05) is 23.8 Å². The second-order valence-corrected chi connectivity index (χ2v) is 5.21. The predicted molar refractivity (Wildman–Crippen MR) is 66.3 cm³/mol. The van der Waals surface area contributed by atoms with Crippen molar-refractivity contribution in [1.82, 2.24) is 0 Å². The van der Waals surface area contributed by atoms with Crippen LogP contribution in [0.5, 0.6) is 0 Å². The first kappa shape index (κ1) is 11.6. The smallest absolute Gasteiger partial charge is 0.0913 e. The fourth-order valence-corrected chi connectivity index (χ4v) is 2.87. The van der Waals surface area contributed by atoms with Gasteiger partial charge in [0.1, 0.15) is 0 Å². The number of rotatable bonds is 1. The summed E-state index contributed by atoms with van der Waals surface area (Å²) in [6, 6.07) is 6.40. The van der Waals surface area contributed by atoms with E-state index in [2.05, 4.69) is 32.0 Å². The van der Waals surface area contributed by atoms with Gasteiger partial charge in [-0.2, -0.15) is 0 Å². The van der Waals surface area contributed by atoms with Crippen molar-refractivity contribution in [2.45, 2.75) is 51.2 Å². The molecule has 2 rings (SSSR count). The maximum absolute atomic E-state index is 10.7. The number of aryl methyl sites for hydroxylation is 2. The highest BCUT2D eigenvalue weighted by Crippen LogP contribution is 2.38. The fraction of sp³-hybridized carbons (Fsp3) is 0.571. The number of hydrogen-bond acceptors (Lipinski definition) is 2. The highest BCUT2D eigenvalue weighted by Gasteiger charge is 2.35. The summed E-state index contributed by atoms with van der Waals surface area (Å²) in [5.41, 5.74) is 8.75. The lowest BCUT2D eigenvalue weighted by atomic mass is 9.76. The second kappa shape index (κ2) is 4.19. The van der Waals surface area contributed by atoms with Gasteiger partial charge in [0.25, 0.3) is 0 Å². The molecule has 88 valence electrons. The molecule has 16 heavy (non-hydrogen) atoms. The van der Waals surface area contributed by atoms with E-state index < -0.39 is 5.60 Å². The minimum absolute atomic E-state index is 0.138. The Morgan fingerprint density at radius 2 is 2.12 bits per heavy atom. The van der Waals surface area contributed by atoms with Crippen molar-refractivity contribution in [1.29, 1.82) is 0 Å². The van der Waals surface area contributed by atoms with Crippen molar-refractivity contribution in [3.8, 4) is 0 Å². The molecule has 0 saturated heterocycles. The van der Waals surface area contributed by atoms with Crippen LogP contribution in [0.3, 0.4) is 0 Å². The summed E-state index contributed by atoms with van der Waals surface area (Å²) in [5.74, 6) is 0. The van der Waals surface area contributed by atoms with Gasteiger partial charge in [0.05, 0.1) is 5.60 Å². The zero-order valence-electron chi connectivity index (χ0n) is 10.2. The van der Waals surface area contributed by atoms with Gasteiger partial charge in [-0.25, -0.2) is 0 Å². The van der Waals surface area contributed by atoms with E-state index in [4.69, 9.17) is 5.73 Å². The van der Waals surface area contributed by atoms with Crippen molar-refractivity contribution in [3.05, 3.63) is 34.9 Å². The third kappa shape index (κ3) is 2.13. The lowest BCUT2D eigenvalue weighted by Gasteiger charge is -2.36. The van der Waals surface area contributed by atoms with Crippen LogP contribution in [0.15, 0.2) is 18.2 Å². The summed E-state index contributed by atoms with van der Waals surface area (Å²) in [5, 5.41) is 10.7. The average molecular weight is 219 g/mol. The molecule has 0 aromatic heterocycles. The van der Waals surface area contributed by atoms with Crippen LogP contribution in [0.25, 0.3) is 0 Å². The van der Waals surface area contributed by atoms with E-state index in [0.717, 1.165) is 24.8 Å². The highest BCUT2D eigenvalue weighted by molar-refractivity contribution is 5.35. The Kier molecular flexibility index (Phi) is 3.04. The minimum Gasteiger partial charge on any atom is -0.385 e. The molecule has 1 aliphatic rings. The first-order valence-corrected chi connectivity index (χ1v) is 6.07. The number of aliphatic hydroxyl groups is 1. The van der Waals surface area contributed by atoms with Gasteiger partial charge >= 0.3 is 0 Å². The molecule has 1 aromatic carbocycles. The van der Waals surface area contributed by atoms with Gasteiger partial charge in [0.2, 0.25) is 0 Å². The first-order chi connectivity index (χ1) is 7.51. The average Bonchev–Trinajstić information content (AvgIpc) is 2.16. The Morgan fingerprint density at radius 1 is 1.38 bits per heavy atom. The predicted octanol–water partition coefficient (Wildman–Crippen LogP) is 2.39. The van der Waals surface area contributed by atoms with Crippen molar-refractivity contribution >= 4 is 0 Å². The lowest BCUT2D eigenvalue weighted by Crippen LogP contribution is -2.39. The molecule has 2 nitrogen and oxygen atoms in total. The number of hydrogen-bond donors (Lipinski definition) is 2. The zero-order valence-corrected chi connectivity index (χ0v) is 10.2. The molecule has 0 radical (unpaired) electrons. The van der Waals surface area contributed by atoms with Gasteiger partial charge in [-0.05, 0) is 50.7 Å². The molecule has 1 fully saturated rings. The highest BCUT2D eigenvalue weighted by atomic mass is 16.3. The van der Waals surface area contributed by atoms with Gasteiger partial charge in [0, 0.05) is 6.04 Å². The summed E-state index contributed by atoms with van der Waals surface area (Å²) >= 11 is 0. The van der Waals surface area contributed by atoms with Crippen molar-refractivity contribution in [2.75, 3.05) is 0 Å². The molecule has 1 saturated carbocycles. The maximum atomic E-state index is 10.7. The molecule has 2 heteroatoms. The summed E-state index contributed by atoms with van der Waals surface area (Å²) < 4.78 is 0. The van der Waals surface area contributed by atoms with Crippen LogP contribution in [0.2, 0.25) is 0 Å². The van der Waals surface area contributed by atoms with Crippen molar-refractivity contribution in [3.63, 3.8) is 0 Å². The Morgan fingerprint density at radius 3 is 2.75 bits per heavy atom. The Balaban J connectivity index is 2.34. The summed E-state index contributed by atoms with van der Waals surface area (Å²) in [6.07, 6.45) is 3.58. The summed E-state index contributed by atoms with van der Waals surface area (Å²) in [7, 11) is 0. The molecule has 3 N–H and O–H groups in total. The van der Waals surface area contributed by atoms with Crippen LogP contribution in [-0.2, 0) is 5.60 Å². The van der Waals surface area contributed by atoms with E-state index >= 15 is 0 Å². The van der Waals surface area contributed by atoms with Crippen molar-refractivity contribution < 1.29 is 5.11 Å². The monoisotopic (exact) mass is 219 g/mol. The van der Waals surface area contributed by atoms with Gasteiger partial charge in [-0.3, -0.25) is 0 Å². The normalized spacial score (nSPS) is 30.4. The van der Waals surface area contributed by atoms with E-state index in [1.54, 1.807) is 0 Å². The molecule has 1 aliphatic carbocycles. The van der Waals surface area contributed by atoms with Gasteiger partial charge in [0.15, 0.2) is 0 Å². The van der Waals surface area contributed by atoms with E-state index in [9.17, 15) is 5.11 Å². The third-order valence-corrected chi connectivity index (χ3v) is 3.65. The standard InChI is InChI=1S/C14H21NO/c1-10-5-6-13(11(2)8-10)14(16)7-3-4-12(15)9-14/h5-6,8,12,16H,3-4,7,9,15H2,1-2H3. The zero-order chi connectivity index (χ0) is 11.8. The summed E-state index contributed by atoms with van der Waals surface area (Å²) in [4.78, 5) is 0. The quantitative estimate of drug-likeness (QED) is 0.762. The van der Waals surface area contributed by atoms with Gasteiger partial charge in [-0.15, -0.1) is 0 Å². The minimum atomic E-state index is -0.699. The maximum Gasteiger partial charge on any atom is 0.0913 e. The van der Waals surface area contributed by atoms with Crippen LogP contribution in [0, 0.1) is 13.8 Å². The largest absolute Gasteiger partial charge is 0.385 e. The van der Waals surface area contributed by atoms with Gasteiger partial charge < -0.3 is 10.8 Å². The molecular formula is C14H21NO. The van der Waals surface area contributed by atoms with E-state index in [1.165, 1.54) is 11.1 Å². The Labute approximate surface area is 97.5 Å². The van der Waals surface area contributed by atoms with E-state index in [1.807, 2.05) is 0 Å². The Hall–Kier alpha value is -0.860. The third-order valence-electron chi connectivity index (χ3n) is 3.65. The lowest BCUT2D eigenvalue weighted by molar-refractivity contribution is -0.00769. The van der Waals surface area contributed by atoms with Crippen molar-refractivity contribution in [2.24, 2.45) is 5.73 Å². The molecule has 2 atom stereocenters. The SMILES string of the molecule is Cc1ccc(C2(O)CCCC(N)C2)c(C)c1. The first-order valence-electron chi connectivity index (χ1n) is 6.07. The molecule has 1 aromatic rings. The van der Waals surface area contributed by atoms with Crippen LogP contribution in [-0.4, -0.2) is 11.1 Å². The fourth-order valence-electron chi connectivity index (χ4n) is 2.87. The molecule has 2 unspecified atom stereocenters. The summed E-state index contributed by atoms with van der Waals surface area (Å²) in [6.45, 7) is 4.15. The van der Waals surface area contributed by atoms with Crippen LogP contribution < -0.4 is 5.73 Å². The molecule has 0 heterocycles. The molecule has 0 amide bonds. The van der Waals surface area contributed by atoms with Crippen LogP contribution in [0.1, 0.15) is 42.4 Å². The van der Waals surface area contributed by atoms with Crippen LogP contribution >= 0.6 is 0 Å².